The standard InChI is InChI=1S/C20H15BrClN5O2/c21-13-7-4-8-15-17(13)29-10-9-26(15)11-14-16(22)19(28)27-20(23-14)24-18(25-27)12-5-2-1-3-6-12/h1-8H,9-11H2,(H,23,24,25). The number of hydrogen-bond donors (Lipinski definition) is 1. The first-order valence-electron chi connectivity index (χ1n) is 9.00. The number of nitrogens with zero attached hydrogens (tertiary/aromatic N) is 4. The molecule has 0 bridgehead atoms. The van der Waals surface area contributed by atoms with E-state index in [-0.39, 0.29) is 16.4 Å². The number of anilines is 1. The zero-order chi connectivity index (χ0) is 20.0. The first kappa shape index (κ1) is 18.2. The second-order valence-electron chi connectivity index (χ2n) is 6.61. The summed E-state index contributed by atoms with van der Waals surface area (Å²) in [7, 11) is 0. The maximum atomic E-state index is 12.8. The fraction of sp³-hybridized carbons (Fsp3) is 0.150. The van der Waals surface area contributed by atoms with Crippen LogP contribution in [0, 0.1) is 0 Å². The van der Waals surface area contributed by atoms with Gasteiger partial charge in [-0.15, -0.1) is 0 Å². The maximum absolute atomic E-state index is 12.8. The zero-order valence-electron chi connectivity index (χ0n) is 15.1. The molecule has 0 fully saturated rings. The Labute approximate surface area is 179 Å². The van der Waals surface area contributed by atoms with E-state index in [4.69, 9.17) is 16.3 Å². The second-order valence-corrected chi connectivity index (χ2v) is 7.84. The van der Waals surface area contributed by atoms with Gasteiger partial charge >= 0.3 is 0 Å². The van der Waals surface area contributed by atoms with E-state index >= 15 is 0 Å². The third-order valence-corrected chi connectivity index (χ3v) is 5.80. The molecule has 0 aliphatic carbocycles. The van der Waals surface area contributed by atoms with Crippen LogP contribution in [-0.2, 0) is 6.54 Å². The van der Waals surface area contributed by atoms with Gasteiger partial charge in [-0.2, -0.15) is 9.50 Å². The lowest BCUT2D eigenvalue weighted by molar-refractivity contribution is 0.304. The minimum atomic E-state index is -0.371. The second kappa shape index (κ2) is 7.20. The minimum Gasteiger partial charge on any atom is -0.488 e. The number of fused-ring (bicyclic) bond motifs is 2. The largest absolute Gasteiger partial charge is 0.488 e. The number of rotatable bonds is 3. The molecular formula is C20H15BrClN5O2. The van der Waals surface area contributed by atoms with Crippen LogP contribution in [0.2, 0.25) is 5.02 Å². The molecule has 29 heavy (non-hydrogen) atoms. The van der Waals surface area contributed by atoms with Crippen LogP contribution in [0.4, 0.5) is 5.69 Å². The third-order valence-electron chi connectivity index (χ3n) is 4.79. The highest BCUT2D eigenvalue weighted by Crippen LogP contribution is 2.38. The molecule has 1 aliphatic heterocycles. The maximum Gasteiger partial charge on any atom is 0.293 e. The number of ether oxygens (including phenoxy) is 1. The van der Waals surface area contributed by atoms with Gasteiger partial charge in [-0.3, -0.25) is 9.89 Å². The summed E-state index contributed by atoms with van der Waals surface area (Å²) in [6.45, 7) is 1.58. The van der Waals surface area contributed by atoms with Crippen molar-refractivity contribution in [2.24, 2.45) is 0 Å². The fourth-order valence-electron chi connectivity index (χ4n) is 3.38. The van der Waals surface area contributed by atoms with Gasteiger partial charge in [-0.25, -0.2) is 4.98 Å². The van der Waals surface area contributed by atoms with E-state index in [1.165, 1.54) is 4.52 Å². The van der Waals surface area contributed by atoms with Gasteiger partial charge in [0.25, 0.3) is 11.3 Å². The Kier molecular flexibility index (Phi) is 4.52. The van der Waals surface area contributed by atoms with Crippen molar-refractivity contribution >= 4 is 39.0 Å². The Morgan fingerprint density at radius 1 is 1.14 bits per heavy atom. The molecular weight excluding hydrogens is 458 g/mol. The van der Waals surface area contributed by atoms with Crippen LogP contribution in [0.3, 0.4) is 0 Å². The van der Waals surface area contributed by atoms with Gasteiger partial charge < -0.3 is 9.64 Å². The number of H-pyrrole nitrogens is 1. The van der Waals surface area contributed by atoms with Crippen molar-refractivity contribution < 1.29 is 4.74 Å². The molecule has 146 valence electrons. The summed E-state index contributed by atoms with van der Waals surface area (Å²) in [6, 6.07) is 15.4. The van der Waals surface area contributed by atoms with Crippen LogP contribution in [0.25, 0.3) is 17.2 Å². The first-order chi connectivity index (χ1) is 14.1. The summed E-state index contributed by atoms with van der Waals surface area (Å²) < 4.78 is 7.93. The molecule has 5 rings (SSSR count). The highest BCUT2D eigenvalue weighted by atomic mass is 79.9. The predicted molar refractivity (Wildman–Crippen MR) is 115 cm³/mol. The fourth-order valence-corrected chi connectivity index (χ4v) is 4.04. The number of hydrogen-bond acceptors (Lipinski definition) is 5. The molecule has 0 radical (unpaired) electrons. The molecule has 1 aliphatic rings. The number of aromatic amines is 1. The van der Waals surface area contributed by atoms with Gasteiger partial charge in [0.15, 0.2) is 11.6 Å². The van der Waals surface area contributed by atoms with Gasteiger partial charge in [-0.05, 0) is 28.1 Å². The Morgan fingerprint density at radius 2 is 1.97 bits per heavy atom. The summed E-state index contributed by atoms with van der Waals surface area (Å²) in [6.07, 6.45) is 0. The average Bonchev–Trinajstić information content (AvgIpc) is 3.17. The molecule has 3 heterocycles. The van der Waals surface area contributed by atoms with Crippen molar-refractivity contribution in [3.63, 3.8) is 0 Å². The number of nitrogens with one attached hydrogen (secondary N) is 1. The van der Waals surface area contributed by atoms with Crippen LogP contribution >= 0.6 is 27.5 Å². The van der Waals surface area contributed by atoms with E-state index < -0.39 is 0 Å². The molecule has 1 N–H and O–H groups in total. The summed E-state index contributed by atoms with van der Waals surface area (Å²) in [5.74, 6) is 1.62. The van der Waals surface area contributed by atoms with Crippen molar-refractivity contribution in [1.29, 1.82) is 0 Å². The molecule has 0 saturated carbocycles. The molecule has 9 heteroatoms. The number of halogens is 2. The minimum absolute atomic E-state index is 0.0776. The smallest absolute Gasteiger partial charge is 0.293 e. The van der Waals surface area contributed by atoms with E-state index in [9.17, 15) is 4.79 Å². The normalized spacial score (nSPS) is 13.4. The summed E-state index contributed by atoms with van der Waals surface area (Å²) >= 11 is 9.91. The molecule has 4 aromatic rings. The van der Waals surface area contributed by atoms with Crippen LogP contribution in [0.5, 0.6) is 5.75 Å². The van der Waals surface area contributed by atoms with Gasteiger partial charge in [0.2, 0.25) is 0 Å². The lowest BCUT2D eigenvalue weighted by Gasteiger charge is -2.31. The summed E-state index contributed by atoms with van der Waals surface area (Å²) in [5, 5.41) is 3.06. The van der Waals surface area contributed by atoms with Crippen LogP contribution in [0.1, 0.15) is 5.69 Å². The summed E-state index contributed by atoms with van der Waals surface area (Å²) in [4.78, 5) is 23.9. The average molecular weight is 473 g/mol. The molecule has 2 aromatic heterocycles. The lowest BCUT2D eigenvalue weighted by Crippen LogP contribution is -2.33. The van der Waals surface area contributed by atoms with Gasteiger partial charge in [-0.1, -0.05) is 48.0 Å². The topological polar surface area (TPSA) is 75.5 Å². The molecule has 0 amide bonds. The van der Waals surface area contributed by atoms with E-state index in [1.807, 2.05) is 48.5 Å². The number of para-hydroxylation sites is 1. The molecule has 0 unspecified atom stereocenters. The van der Waals surface area contributed by atoms with Crippen molar-refractivity contribution in [2.45, 2.75) is 6.54 Å². The van der Waals surface area contributed by atoms with Crippen molar-refractivity contribution in [3.8, 4) is 17.1 Å². The van der Waals surface area contributed by atoms with Crippen LogP contribution in [-0.4, -0.2) is 32.7 Å². The molecule has 0 atom stereocenters. The van der Waals surface area contributed by atoms with Gasteiger partial charge in [0.05, 0.1) is 28.9 Å². The van der Waals surface area contributed by atoms with Crippen molar-refractivity contribution in [1.82, 2.24) is 19.6 Å². The number of benzene rings is 2. The SMILES string of the molecule is O=c1c(Cl)c(CN2CCOc3c(Br)cccc32)nc2nc(-c3ccccc3)[nH]n12. The lowest BCUT2D eigenvalue weighted by atomic mass is 10.2. The van der Waals surface area contributed by atoms with E-state index in [2.05, 4.69) is 35.9 Å². The van der Waals surface area contributed by atoms with Gasteiger partial charge in [0.1, 0.15) is 11.6 Å². The van der Waals surface area contributed by atoms with Crippen LogP contribution in [0.15, 0.2) is 57.8 Å². The Balaban J connectivity index is 1.56. The van der Waals surface area contributed by atoms with Gasteiger partial charge in [0, 0.05) is 5.56 Å². The molecule has 2 aromatic carbocycles. The Morgan fingerprint density at radius 3 is 2.79 bits per heavy atom. The molecule has 7 nitrogen and oxygen atoms in total. The van der Waals surface area contributed by atoms with E-state index in [1.54, 1.807) is 0 Å². The molecule has 0 spiro atoms. The third kappa shape index (κ3) is 3.18. The Bertz CT molecular complexity index is 1270. The van der Waals surface area contributed by atoms with E-state index in [0.717, 1.165) is 21.5 Å². The monoisotopic (exact) mass is 471 g/mol. The first-order valence-corrected chi connectivity index (χ1v) is 10.2. The quantitative estimate of drug-likeness (QED) is 0.489. The molecule has 0 saturated heterocycles. The predicted octanol–water partition coefficient (Wildman–Crippen LogP) is 3.90. The van der Waals surface area contributed by atoms with E-state index in [0.29, 0.717) is 31.2 Å². The summed E-state index contributed by atoms with van der Waals surface area (Å²) in [5.41, 5.74) is 1.90. The Hall–Kier alpha value is -2.84. The highest BCUT2D eigenvalue weighted by Gasteiger charge is 2.23. The van der Waals surface area contributed by atoms with Crippen LogP contribution < -0.4 is 15.2 Å². The van der Waals surface area contributed by atoms with Crippen molar-refractivity contribution in [2.75, 3.05) is 18.1 Å². The highest BCUT2D eigenvalue weighted by molar-refractivity contribution is 9.10. The zero-order valence-corrected chi connectivity index (χ0v) is 17.4. The van der Waals surface area contributed by atoms with Crippen molar-refractivity contribution in [3.05, 3.63) is 74.1 Å². The number of aromatic nitrogens is 4.